The van der Waals surface area contributed by atoms with Gasteiger partial charge in [-0.3, -0.25) is 4.79 Å². The Balaban J connectivity index is 1.61. The second kappa shape index (κ2) is 10.3. The van der Waals surface area contributed by atoms with Gasteiger partial charge in [-0.1, -0.05) is 69.3 Å². The second-order valence-electron chi connectivity index (χ2n) is 8.39. The normalized spacial score (nSPS) is 14.2. The molecule has 0 radical (unpaired) electrons. The summed E-state index contributed by atoms with van der Waals surface area (Å²) in [4.78, 5) is 36.0. The monoisotopic (exact) mass is 438 g/mol. The summed E-state index contributed by atoms with van der Waals surface area (Å²) in [5.41, 5.74) is 4.55. The number of carbonyl (C=O) groups excluding carboxylic acids is 2. The molecule has 0 fully saturated rings. The molecular formula is C25H30N2O5. The Bertz CT molecular complexity index is 942. The van der Waals surface area contributed by atoms with Crippen molar-refractivity contribution in [2.45, 2.75) is 51.6 Å². The third-order valence-electron chi connectivity index (χ3n) is 5.90. The van der Waals surface area contributed by atoms with Crippen LogP contribution in [0.2, 0.25) is 0 Å². The maximum Gasteiger partial charge on any atom is 0.407 e. The highest BCUT2D eigenvalue weighted by Crippen LogP contribution is 2.44. The number of benzene rings is 2. The van der Waals surface area contributed by atoms with Crippen LogP contribution in [-0.4, -0.2) is 41.8 Å². The van der Waals surface area contributed by atoms with Crippen LogP contribution in [0.15, 0.2) is 48.5 Å². The molecule has 2 atom stereocenters. The fourth-order valence-corrected chi connectivity index (χ4v) is 4.04. The van der Waals surface area contributed by atoms with Crippen molar-refractivity contribution in [3.8, 4) is 11.1 Å². The van der Waals surface area contributed by atoms with Crippen LogP contribution in [0.25, 0.3) is 11.1 Å². The number of hydrogen-bond acceptors (Lipinski definition) is 4. The molecule has 0 saturated heterocycles. The molecule has 3 rings (SSSR count). The van der Waals surface area contributed by atoms with E-state index in [1.165, 1.54) is 0 Å². The van der Waals surface area contributed by atoms with E-state index in [9.17, 15) is 14.4 Å². The van der Waals surface area contributed by atoms with E-state index in [4.69, 9.17) is 9.84 Å². The van der Waals surface area contributed by atoms with Crippen molar-refractivity contribution in [1.29, 1.82) is 0 Å². The van der Waals surface area contributed by atoms with Gasteiger partial charge in [-0.05, 0) is 34.6 Å². The van der Waals surface area contributed by atoms with Gasteiger partial charge < -0.3 is 20.5 Å². The van der Waals surface area contributed by atoms with Crippen LogP contribution in [0.1, 0.15) is 50.7 Å². The molecule has 0 unspecified atom stereocenters. The van der Waals surface area contributed by atoms with E-state index in [0.717, 1.165) is 22.3 Å². The lowest BCUT2D eigenvalue weighted by atomic mass is 9.98. The maximum absolute atomic E-state index is 12.5. The van der Waals surface area contributed by atoms with Crippen LogP contribution < -0.4 is 10.6 Å². The third kappa shape index (κ3) is 5.28. The molecule has 0 saturated carbocycles. The van der Waals surface area contributed by atoms with Crippen LogP contribution in [-0.2, 0) is 14.3 Å². The minimum atomic E-state index is -1.08. The quantitative estimate of drug-likeness (QED) is 0.550. The maximum atomic E-state index is 12.5. The zero-order chi connectivity index (χ0) is 23.3. The predicted molar refractivity (Wildman–Crippen MR) is 121 cm³/mol. The van der Waals surface area contributed by atoms with Crippen LogP contribution >= 0.6 is 0 Å². The van der Waals surface area contributed by atoms with Gasteiger partial charge in [-0.2, -0.15) is 0 Å². The first-order valence-corrected chi connectivity index (χ1v) is 11.0. The predicted octanol–water partition coefficient (Wildman–Crippen LogP) is 3.92. The lowest BCUT2D eigenvalue weighted by Crippen LogP contribution is -2.46. The number of carbonyl (C=O) groups is 3. The van der Waals surface area contributed by atoms with E-state index in [0.29, 0.717) is 0 Å². The summed E-state index contributed by atoms with van der Waals surface area (Å²) >= 11 is 0. The zero-order valence-electron chi connectivity index (χ0n) is 18.6. The summed E-state index contributed by atoms with van der Waals surface area (Å²) in [6.45, 7) is 5.65. The number of fused-ring (bicyclic) bond motifs is 3. The number of rotatable bonds is 9. The molecule has 2 aromatic carbocycles. The number of ether oxygens (including phenoxy) is 1. The van der Waals surface area contributed by atoms with Gasteiger partial charge in [-0.15, -0.1) is 0 Å². The van der Waals surface area contributed by atoms with Crippen molar-refractivity contribution in [1.82, 2.24) is 10.6 Å². The Labute approximate surface area is 188 Å². The SMILES string of the molecule is CC[C@H](NC(=O)C[C@H](NC(=O)OCC1c2ccccc2-c2ccccc21)C(C)C)C(=O)O. The highest BCUT2D eigenvalue weighted by Gasteiger charge is 2.30. The highest BCUT2D eigenvalue weighted by molar-refractivity contribution is 5.84. The summed E-state index contributed by atoms with van der Waals surface area (Å²) in [7, 11) is 0. The largest absolute Gasteiger partial charge is 0.480 e. The Kier molecular flexibility index (Phi) is 7.51. The third-order valence-corrected chi connectivity index (χ3v) is 5.90. The molecule has 3 N–H and O–H groups in total. The molecule has 0 bridgehead atoms. The lowest BCUT2D eigenvalue weighted by molar-refractivity contribution is -0.142. The van der Waals surface area contributed by atoms with Gasteiger partial charge in [0.2, 0.25) is 5.91 Å². The van der Waals surface area contributed by atoms with Gasteiger partial charge >= 0.3 is 12.1 Å². The van der Waals surface area contributed by atoms with Crippen LogP contribution in [0.4, 0.5) is 4.79 Å². The van der Waals surface area contributed by atoms with E-state index in [1.54, 1.807) is 6.92 Å². The van der Waals surface area contributed by atoms with Gasteiger partial charge in [0.15, 0.2) is 0 Å². The van der Waals surface area contributed by atoms with E-state index >= 15 is 0 Å². The first kappa shape index (κ1) is 23.3. The van der Waals surface area contributed by atoms with E-state index in [-0.39, 0.29) is 31.3 Å². The van der Waals surface area contributed by atoms with Crippen molar-refractivity contribution in [2.24, 2.45) is 5.92 Å². The van der Waals surface area contributed by atoms with Gasteiger partial charge in [0.05, 0.1) is 0 Å². The van der Waals surface area contributed by atoms with Gasteiger partial charge in [-0.25, -0.2) is 9.59 Å². The summed E-state index contributed by atoms with van der Waals surface area (Å²) in [6.07, 6.45) is -0.331. The molecule has 0 aliphatic heterocycles. The van der Waals surface area contributed by atoms with Gasteiger partial charge in [0.1, 0.15) is 12.6 Å². The minimum absolute atomic E-state index is 0.0222. The molecule has 0 spiro atoms. The van der Waals surface area contributed by atoms with Crippen LogP contribution in [0.3, 0.4) is 0 Å². The van der Waals surface area contributed by atoms with Crippen molar-refractivity contribution in [3.05, 3.63) is 59.7 Å². The molecule has 170 valence electrons. The minimum Gasteiger partial charge on any atom is -0.480 e. The molecule has 0 heterocycles. The van der Waals surface area contributed by atoms with Crippen molar-refractivity contribution in [2.75, 3.05) is 6.61 Å². The van der Waals surface area contributed by atoms with Crippen molar-refractivity contribution >= 4 is 18.0 Å². The summed E-state index contributed by atoms with van der Waals surface area (Å²) in [6, 6.07) is 14.8. The lowest BCUT2D eigenvalue weighted by Gasteiger charge is -2.23. The molecule has 1 aliphatic carbocycles. The smallest absolute Gasteiger partial charge is 0.407 e. The topological polar surface area (TPSA) is 105 Å². The van der Waals surface area contributed by atoms with Crippen LogP contribution in [0.5, 0.6) is 0 Å². The standard InChI is InChI=1S/C25H30N2O5/c1-4-21(24(29)30)26-23(28)13-22(15(2)3)27-25(31)32-14-20-18-11-7-5-9-16(18)17-10-6-8-12-19(17)20/h5-12,15,20-22H,4,13-14H2,1-3H3,(H,26,28)(H,27,31)(H,29,30)/t21-,22-/m0/s1. The molecule has 2 aromatic rings. The molecular weight excluding hydrogens is 408 g/mol. The van der Waals surface area contributed by atoms with E-state index in [1.807, 2.05) is 38.1 Å². The zero-order valence-corrected chi connectivity index (χ0v) is 18.6. The molecule has 32 heavy (non-hydrogen) atoms. The van der Waals surface area contributed by atoms with E-state index in [2.05, 4.69) is 34.9 Å². The molecule has 7 nitrogen and oxygen atoms in total. The number of hydrogen-bond donors (Lipinski definition) is 3. The number of amides is 2. The van der Waals surface area contributed by atoms with Crippen molar-refractivity contribution in [3.63, 3.8) is 0 Å². The molecule has 2 amide bonds. The van der Waals surface area contributed by atoms with Gasteiger partial charge in [0, 0.05) is 18.4 Å². The highest BCUT2D eigenvalue weighted by atomic mass is 16.5. The second-order valence-corrected chi connectivity index (χ2v) is 8.39. The summed E-state index contributed by atoms with van der Waals surface area (Å²) in [5.74, 6) is -1.58. The number of carboxylic acid groups (broad SMARTS) is 1. The molecule has 0 aromatic heterocycles. The van der Waals surface area contributed by atoms with Crippen molar-refractivity contribution < 1.29 is 24.2 Å². The summed E-state index contributed by atoms with van der Waals surface area (Å²) in [5, 5.41) is 14.4. The fourth-order valence-electron chi connectivity index (χ4n) is 4.04. The summed E-state index contributed by atoms with van der Waals surface area (Å²) < 4.78 is 5.57. The molecule has 1 aliphatic rings. The average molecular weight is 439 g/mol. The number of carboxylic acids is 1. The van der Waals surface area contributed by atoms with Crippen LogP contribution in [0, 0.1) is 5.92 Å². The number of nitrogens with one attached hydrogen (secondary N) is 2. The Morgan fingerprint density at radius 3 is 2.03 bits per heavy atom. The Morgan fingerprint density at radius 1 is 0.969 bits per heavy atom. The fraction of sp³-hybridized carbons (Fsp3) is 0.400. The first-order valence-electron chi connectivity index (χ1n) is 11.0. The Hall–Kier alpha value is -3.35. The van der Waals surface area contributed by atoms with Gasteiger partial charge in [0.25, 0.3) is 0 Å². The molecule has 7 heteroatoms. The first-order chi connectivity index (χ1) is 15.3. The average Bonchev–Trinajstić information content (AvgIpc) is 3.09. The van der Waals surface area contributed by atoms with E-state index < -0.39 is 30.1 Å². The number of alkyl carbamates (subject to hydrolysis) is 1. The Morgan fingerprint density at radius 2 is 1.53 bits per heavy atom. The number of aliphatic carboxylic acids is 1.